The van der Waals surface area contributed by atoms with E-state index in [9.17, 15) is 5.11 Å². The summed E-state index contributed by atoms with van der Waals surface area (Å²) >= 11 is 0. The molecule has 1 aromatic rings. The topological polar surface area (TPSA) is 23.5 Å². The average molecular weight is 283 g/mol. The van der Waals surface area contributed by atoms with Gasteiger partial charge in [-0.15, -0.1) is 0 Å². The van der Waals surface area contributed by atoms with Crippen molar-refractivity contribution in [3.63, 3.8) is 0 Å². The highest BCUT2D eigenvalue weighted by molar-refractivity contribution is 5.32. The summed E-state index contributed by atoms with van der Waals surface area (Å²) in [5, 5.41) is 10.7. The van der Waals surface area contributed by atoms with Crippen molar-refractivity contribution in [2.45, 2.75) is 51.3 Å². The van der Waals surface area contributed by atoms with Gasteiger partial charge in [0.05, 0.1) is 0 Å². The van der Waals surface area contributed by atoms with Gasteiger partial charge in [-0.25, -0.2) is 0 Å². The number of benzene rings is 1. The fourth-order valence-corrected chi connectivity index (χ4v) is 6.49. The monoisotopic (exact) mass is 283 g/mol. The third-order valence-corrected chi connectivity index (χ3v) is 6.76. The summed E-state index contributed by atoms with van der Waals surface area (Å²) in [4.78, 5) is 2.35. The first-order valence-corrected chi connectivity index (χ1v) is 8.71. The molecule has 1 atom stereocenters. The summed E-state index contributed by atoms with van der Waals surface area (Å²) in [5.41, 5.74) is 2.99. The Morgan fingerprint density at radius 1 is 1.00 bits per heavy atom. The molecule has 0 radical (unpaired) electrons. The fourth-order valence-electron chi connectivity index (χ4n) is 6.49. The molecule has 0 spiro atoms. The largest absolute Gasteiger partial charge is 0.374 e. The quantitative estimate of drug-likeness (QED) is 0.894. The highest BCUT2D eigenvalue weighted by Gasteiger charge is 2.52. The van der Waals surface area contributed by atoms with Gasteiger partial charge in [0.2, 0.25) is 0 Å². The zero-order valence-corrected chi connectivity index (χ0v) is 12.7. The van der Waals surface area contributed by atoms with Crippen LogP contribution >= 0.6 is 0 Å². The number of aliphatic hydroxyl groups is 1. The molecule has 1 unspecified atom stereocenters. The molecule has 5 aliphatic rings. The molecule has 6 rings (SSSR count). The second-order valence-electron chi connectivity index (χ2n) is 8.40. The van der Waals surface area contributed by atoms with Crippen LogP contribution < -0.4 is 0 Å². The smallest absolute Gasteiger partial charge is 0.134 e. The molecule has 0 saturated heterocycles. The van der Waals surface area contributed by atoms with Crippen molar-refractivity contribution in [3.05, 3.63) is 35.4 Å². The molecule has 4 saturated carbocycles. The Bertz CT molecular complexity index is 531. The van der Waals surface area contributed by atoms with Crippen LogP contribution in [0.1, 0.15) is 55.9 Å². The maximum Gasteiger partial charge on any atom is 0.134 e. The molecule has 4 aliphatic carbocycles. The summed E-state index contributed by atoms with van der Waals surface area (Å²) < 4.78 is 0. The number of fused-ring (bicyclic) bond motifs is 1. The minimum atomic E-state index is -0.366. The van der Waals surface area contributed by atoms with Crippen LogP contribution in [0.15, 0.2) is 24.3 Å². The lowest BCUT2D eigenvalue weighted by molar-refractivity contribution is -0.0961. The van der Waals surface area contributed by atoms with Gasteiger partial charge in [-0.2, -0.15) is 0 Å². The molecule has 0 aromatic heterocycles. The van der Waals surface area contributed by atoms with Crippen molar-refractivity contribution in [3.8, 4) is 0 Å². The summed E-state index contributed by atoms with van der Waals surface area (Å²) in [7, 11) is 0. The van der Waals surface area contributed by atoms with Crippen molar-refractivity contribution in [2.75, 3.05) is 6.54 Å². The Morgan fingerprint density at radius 2 is 1.62 bits per heavy atom. The first-order valence-electron chi connectivity index (χ1n) is 8.71. The molecule has 2 nitrogen and oxygen atoms in total. The SMILES string of the molecule is OC1c2ccccc2CN1CC12CC3CC(CC(C3)C1)C2. The van der Waals surface area contributed by atoms with E-state index in [1.54, 1.807) is 0 Å². The van der Waals surface area contributed by atoms with E-state index < -0.39 is 0 Å². The number of aliphatic hydroxyl groups excluding tert-OH is 1. The van der Waals surface area contributed by atoms with Crippen molar-refractivity contribution in [2.24, 2.45) is 23.2 Å². The van der Waals surface area contributed by atoms with Gasteiger partial charge < -0.3 is 5.11 Å². The minimum Gasteiger partial charge on any atom is -0.374 e. The van der Waals surface area contributed by atoms with E-state index in [0.29, 0.717) is 5.41 Å². The van der Waals surface area contributed by atoms with Crippen molar-refractivity contribution in [1.29, 1.82) is 0 Å². The number of hydrogen-bond donors (Lipinski definition) is 1. The molecule has 112 valence electrons. The summed E-state index contributed by atoms with van der Waals surface area (Å²) in [6, 6.07) is 8.42. The molecular formula is C19H25NO. The standard InChI is InChI=1S/C19H25NO/c21-18-17-4-2-1-3-16(17)11-20(18)12-19-8-13-5-14(9-19)7-15(6-13)10-19/h1-4,13-15,18,21H,5-12H2. The minimum absolute atomic E-state index is 0.366. The molecule has 1 aliphatic heterocycles. The van der Waals surface area contributed by atoms with Crippen LogP contribution in [-0.4, -0.2) is 16.6 Å². The maximum absolute atomic E-state index is 10.7. The van der Waals surface area contributed by atoms with E-state index in [0.717, 1.165) is 36.4 Å². The molecule has 1 heterocycles. The Balaban J connectivity index is 1.39. The highest BCUT2D eigenvalue weighted by atomic mass is 16.3. The van der Waals surface area contributed by atoms with Crippen molar-refractivity contribution < 1.29 is 5.11 Å². The summed E-state index contributed by atoms with van der Waals surface area (Å²) in [5.74, 6) is 3.00. The maximum atomic E-state index is 10.7. The molecule has 1 aromatic carbocycles. The molecule has 4 bridgehead atoms. The summed E-state index contributed by atoms with van der Waals surface area (Å²) in [6.45, 7) is 2.06. The number of rotatable bonds is 2. The second kappa shape index (κ2) is 4.33. The van der Waals surface area contributed by atoms with Crippen molar-refractivity contribution >= 4 is 0 Å². The average Bonchev–Trinajstić information content (AvgIpc) is 2.74. The lowest BCUT2D eigenvalue weighted by Gasteiger charge is -2.58. The second-order valence-corrected chi connectivity index (χ2v) is 8.40. The van der Waals surface area contributed by atoms with Crippen LogP contribution in [-0.2, 0) is 6.54 Å². The normalized spacial score (nSPS) is 44.2. The lowest BCUT2D eigenvalue weighted by atomic mass is 9.49. The van der Waals surface area contributed by atoms with Crippen LogP contribution in [0.5, 0.6) is 0 Å². The van der Waals surface area contributed by atoms with Crippen LogP contribution in [0.2, 0.25) is 0 Å². The number of nitrogens with zero attached hydrogens (tertiary/aromatic N) is 1. The number of hydrogen-bond acceptors (Lipinski definition) is 2. The first kappa shape index (κ1) is 12.7. The van der Waals surface area contributed by atoms with E-state index in [4.69, 9.17) is 0 Å². The van der Waals surface area contributed by atoms with E-state index >= 15 is 0 Å². The van der Waals surface area contributed by atoms with E-state index in [-0.39, 0.29) is 6.23 Å². The van der Waals surface area contributed by atoms with Gasteiger partial charge in [0.25, 0.3) is 0 Å². The van der Waals surface area contributed by atoms with Crippen LogP contribution in [0.25, 0.3) is 0 Å². The van der Waals surface area contributed by atoms with Crippen molar-refractivity contribution in [1.82, 2.24) is 4.90 Å². The van der Waals surface area contributed by atoms with Crippen LogP contribution in [0.4, 0.5) is 0 Å². The third-order valence-electron chi connectivity index (χ3n) is 6.76. The zero-order chi connectivity index (χ0) is 14.0. The van der Waals surface area contributed by atoms with Crippen LogP contribution in [0.3, 0.4) is 0 Å². The predicted molar refractivity (Wildman–Crippen MR) is 82.4 cm³/mol. The van der Waals surface area contributed by atoms with Gasteiger partial charge in [0.15, 0.2) is 0 Å². The molecular weight excluding hydrogens is 258 g/mol. The lowest BCUT2D eigenvalue weighted by Crippen LogP contribution is -2.50. The molecule has 0 amide bonds. The molecule has 1 N–H and O–H groups in total. The Kier molecular flexibility index (Phi) is 2.61. The van der Waals surface area contributed by atoms with Gasteiger partial charge in [0, 0.05) is 13.1 Å². The predicted octanol–water partition coefficient (Wildman–Crippen LogP) is 3.71. The van der Waals surface area contributed by atoms with E-state index in [1.165, 1.54) is 44.1 Å². The fraction of sp³-hybridized carbons (Fsp3) is 0.684. The van der Waals surface area contributed by atoms with Gasteiger partial charge in [-0.1, -0.05) is 24.3 Å². The Labute approximate surface area is 127 Å². The Hall–Kier alpha value is -0.860. The third kappa shape index (κ3) is 1.92. The zero-order valence-electron chi connectivity index (χ0n) is 12.7. The van der Waals surface area contributed by atoms with E-state index in [1.807, 2.05) is 0 Å². The van der Waals surface area contributed by atoms with Crippen LogP contribution in [0, 0.1) is 23.2 Å². The molecule has 21 heavy (non-hydrogen) atoms. The Morgan fingerprint density at radius 3 is 2.24 bits per heavy atom. The van der Waals surface area contributed by atoms with Gasteiger partial charge >= 0.3 is 0 Å². The summed E-state index contributed by atoms with van der Waals surface area (Å²) in [6.07, 6.45) is 8.43. The molecule has 4 fully saturated rings. The van der Waals surface area contributed by atoms with E-state index in [2.05, 4.69) is 29.2 Å². The highest BCUT2D eigenvalue weighted by Crippen LogP contribution is 2.60. The van der Waals surface area contributed by atoms with Gasteiger partial charge in [-0.05, 0) is 72.8 Å². The van der Waals surface area contributed by atoms with Gasteiger partial charge in [0.1, 0.15) is 6.23 Å². The van der Waals surface area contributed by atoms with Gasteiger partial charge in [-0.3, -0.25) is 4.90 Å². The first-order chi connectivity index (χ1) is 10.2. The molecule has 2 heteroatoms.